The number of aromatic carboxylic acids is 1. The molecule has 6 heteroatoms. The summed E-state index contributed by atoms with van der Waals surface area (Å²) < 4.78 is 0. The highest BCUT2D eigenvalue weighted by Crippen LogP contribution is 2.27. The van der Waals surface area contributed by atoms with Gasteiger partial charge in [0.25, 0.3) is 0 Å². The van der Waals surface area contributed by atoms with Crippen LogP contribution in [0.3, 0.4) is 0 Å². The number of hydrogen-bond donors (Lipinski definition) is 1. The van der Waals surface area contributed by atoms with Crippen LogP contribution >= 0.6 is 11.8 Å². The molecule has 2 aromatic heterocycles. The lowest BCUT2D eigenvalue weighted by Crippen LogP contribution is -1.97. The average molecular weight is 271 g/mol. The topological polar surface area (TPSA) is 86.9 Å². The Balaban J connectivity index is 2.28. The summed E-state index contributed by atoms with van der Waals surface area (Å²) in [5.74, 6) is -1.02. The first-order valence-electron chi connectivity index (χ1n) is 5.35. The van der Waals surface area contributed by atoms with Gasteiger partial charge in [-0.2, -0.15) is 5.26 Å². The Hall–Kier alpha value is -2.39. The number of nitriles is 1. The van der Waals surface area contributed by atoms with Crippen LogP contribution in [0.25, 0.3) is 0 Å². The molecule has 0 aliphatic carbocycles. The normalized spacial score (nSPS) is 9.89. The molecule has 0 fully saturated rings. The van der Waals surface area contributed by atoms with Crippen LogP contribution in [0.5, 0.6) is 0 Å². The summed E-state index contributed by atoms with van der Waals surface area (Å²) >= 11 is 1.24. The highest BCUT2D eigenvalue weighted by Gasteiger charge is 2.08. The second kappa shape index (κ2) is 5.50. The fraction of sp³-hybridized carbons (Fsp3) is 0.0769. The first-order chi connectivity index (χ1) is 9.10. The lowest BCUT2D eigenvalue weighted by atomic mass is 10.3. The lowest BCUT2D eigenvalue weighted by molar-refractivity contribution is 0.0696. The van der Waals surface area contributed by atoms with E-state index >= 15 is 0 Å². The molecular weight excluding hydrogens is 262 g/mol. The Morgan fingerprint density at radius 3 is 2.74 bits per heavy atom. The fourth-order valence-corrected chi connectivity index (χ4v) is 2.21. The van der Waals surface area contributed by atoms with E-state index in [0.717, 1.165) is 5.69 Å². The molecule has 5 nitrogen and oxygen atoms in total. The number of pyridine rings is 2. The van der Waals surface area contributed by atoms with Crippen LogP contribution in [0.15, 0.2) is 40.5 Å². The Labute approximate surface area is 113 Å². The van der Waals surface area contributed by atoms with Crippen molar-refractivity contribution in [1.29, 1.82) is 5.26 Å². The predicted molar refractivity (Wildman–Crippen MR) is 69.0 cm³/mol. The number of aromatic nitrogens is 2. The molecule has 0 saturated heterocycles. The van der Waals surface area contributed by atoms with Gasteiger partial charge >= 0.3 is 5.97 Å². The summed E-state index contributed by atoms with van der Waals surface area (Å²) in [5, 5.41) is 18.9. The lowest BCUT2D eigenvalue weighted by Gasteiger charge is -2.03. The van der Waals surface area contributed by atoms with Crippen molar-refractivity contribution in [2.75, 3.05) is 0 Å². The van der Waals surface area contributed by atoms with Crippen molar-refractivity contribution >= 4 is 17.7 Å². The average Bonchev–Trinajstić information content (AvgIpc) is 2.39. The van der Waals surface area contributed by atoms with E-state index in [0.29, 0.717) is 15.6 Å². The number of carboxylic acids is 1. The molecular formula is C13H9N3O2S. The Morgan fingerprint density at radius 1 is 1.37 bits per heavy atom. The molecule has 0 bridgehead atoms. The highest BCUT2D eigenvalue weighted by molar-refractivity contribution is 7.99. The largest absolute Gasteiger partial charge is 0.478 e. The van der Waals surface area contributed by atoms with Gasteiger partial charge in [-0.15, -0.1) is 0 Å². The van der Waals surface area contributed by atoms with E-state index in [4.69, 9.17) is 10.4 Å². The third-order valence-corrected chi connectivity index (χ3v) is 3.26. The molecule has 0 amide bonds. The zero-order valence-electron chi connectivity index (χ0n) is 9.99. The summed E-state index contributed by atoms with van der Waals surface area (Å²) in [4.78, 5) is 19.0. The van der Waals surface area contributed by atoms with Gasteiger partial charge in [0.1, 0.15) is 16.1 Å². The molecule has 1 N–H and O–H groups in total. The molecule has 0 aromatic carbocycles. The van der Waals surface area contributed by atoms with E-state index in [1.165, 1.54) is 24.0 Å². The monoisotopic (exact) mass is 271 g/mol. The van der Waals surface area contributed by atoms with Gasteiger partial charge in [-0.1, -0.05) is 0 Å². The van der Waals surface area contributed by atoms with E-state index in [1.807, 2.05) is 6.92 Å². The van der Waals surface area contributed by atoms with E-state index in [9.17, 15) is 4.79 Å². The van der Waals surface area contributed by atoms with Gasteiger partial charge in [-0.3, -0.25) is 0 Å². The number of nitrogens with zero attached hydrogens (tertiary/aromatic N) is 3. The minimum atomic E-state index is -1.02. The van der Waals surface area contributed by atoms with Crippen LogP contribution in [-0.4, -0.2) is 21.0 Å². The Bertz CT molecular complexity index is 663. The summed E-state index contributed by atoms with van der Waals surface area (Å²) in [6, 6.07) is 8.61. The maximum absolute atomic E-state index is 10.7. The molecule has 94 valence electrons. The number of carboxylic acid groups (broad SMARTS) is 1. The van der Waals surface area contributed by atoms with Crippen molar-refractivity contribution in [3.63, 3.8) is 0 Å². The van der Waals surface area contributed by atoms with Gasteiger partial charge < -0.3 is 5.11 Å². The molecule has 0 aliphatic heterocycles. The van der Waals surface area contributed by atoms with Gasteiger partial charge in [0, 0.05) is 11.9 Å². The zero-order chi connectivity index (χ0) is 13.8. The summed E-state index contributed by atoms with van der Waals surface area (Å²) in [6.07, 6.45) is 1.28. The molecule has 2 aromatic rings. The zero-order valence-corrected chi connectivity index (χ0v) is 10.8. The Morgan fingerprint density at radius 2 is 2.16 bits per heavy atom. The first kappa shape index (κ1) is 13.1. The third kappa shape index (κ3) is 3.09. The van der Waals surface area contributed by atoms with Gasteiger partial charge in [-0.05, 0) is 43.0 Å². The quantitative estimate of drug-likeness (QED) is 0.922. The standard InChI is InChI=1S/C13H9N3O2S/c1-8-2-3-9(6-14)12(16-8)19-11-5-4-10(7-15-11)13(17)18/h2-5,7H,1H3,(H,17,18). The van der Waals surface area contributed by atoms with Crippen molar-refractivity contribution < 1.29 is 9.90 Å². The van der Waals surface area contributed by atoms with Crippen molar-refractivity contribution in [2.45, 2.75) is 17.0 Å². The first-order valence-corrected chi connectivity index (χ1v) is 6.17. The van der Waals surface area contributed by atoms with Crippen LogP contribution in [0.1, 0.15) is 21.6 Å². The molecule has 2 rings (SSSR count). The fourth-order valence-electron chi connectivity index (χ4n) is 1.36. The molecule has 0 atom stereocenters. The summed E-state index contributed by atoms with van der Waals surface area (Å²) in [5.41, 5.74) is 1.41. The predicted octanol–water partition coefficient (Wildman–Crippen LogP) is 2.51. The van der Waals surface area contributed by atoms with Crippen molar-refractivity contribution in [3.05, 3.63) is 47.3 Å². The molecule has 19 heavy (non-hydrogen) atoms. The third-order valence-electron chi connectivity index (χ3n) is 2.30. The maximum atomic E-state index is 10.7. The molecule has 0 aliphatic rings. The van der Waals surface area contributed by atoms with Crippen LogP contribution in [0.2, 0.25) is 0 Å². The molecule has 0 radical (unpaired) electrons. The van der Waals surface area contributed by atoms with E-state index < -0.39 is 5.97 Å². The van der Waals surface area contributed by atoms with Gasteiger partial charge in [0.2, 0.25) is 0 Å². The van der Waals surface area contributed by atoms with Crippen LogP contribution in [-0.2, 0) is 0 Å². The molecule has 0 saturated carbocycles. The SMILES string of the molecule is Cc1ccc(C#N)c(Sc2ccc(C(=O)O)cn2)n1. The highest BCUT2D eigenvalue weighted by atomic mass is 32.2. The number of hydrogen-bond acceptors (Lipinski definition) is 5. The van der Waals surface area contributed by atoms with Crippen molar-refractivity contribution in [2.24, 2.45) is 0 Å². The van der Waals surface area contributed by atoms with E-state index in [2.05, 4.69) is 16.0 Å². The van der Waals surface area contributed by atoms with Gasteiger partial charge in [-0.25, -0.2) is 14.8 Å². The van der Waals surface area contributed by atoms with Crippen LogP contribution in [0, 0.1) is 18.3 Å². The molecule has 0 spiro atoms. The minimum absolute atomic E-state index is 0.127. The van der Waals surface area contributed by atoms with Crippen LogP contribution < -0.4 is 0 Å². The summed E-state index contributed by atoms with van der Waals surface area (Å²) in [6.45, 7) is 1.84. The maximum Gasteiger partial charge on any atom is 0.337 e. The number of aryl methyl sites for hydroxylation is 1. The van der Waals surface area contributed by atoms with E-state index in [-0.39, 0.29) is 5.56 Å². The van der Waals surface area contributed by atoms with Gasteiger partial charge in [0.15, 0.2) is 0 Å². The molecule has 2 heterocycles. The van der Waals surface area contributed by atoms with Crippen molar-refractivity contribution in [1.82, 2.24) is 9.97 Å². The summed E-state index contributed by atoms with van der Waals surface area (Å²) in [7, 11) is 0. The molecule has 0 unspecified atom stereocenters. The number of rotatable bonds is 3. The second-order valence-electron chi connectivity index (χ2n) is 3.71. The van der Waals surface area contributed by atoms with E-state index in [1.54, 1.807) is 18.2 Å². The Kier molecular flexibility index (Phi) is 3.78. The van der Waals surface area contributed by atoms with Gasteiger partial charge in [0.05, 0.1) is 11.1 Å². The van der Waals surface area contributed by atoms with Crippen molar-refractivity contribution in [3.8, 4) is 6.07 Å². The second-order valence-corrected chi connectivity index (χ2v) is 4.72. The number of carbonyl (C=O) groups is 1. The smallest absolute Gasteiger partial charge is 0.337 e. The van der Waals surface area contributed by atoms with Crippen LogP contribution in [0.4, 0.5) is 0 Å². The minimum Gasteiger partial charge on any atom is -0.478 e.